The third-order valence-corrected chi connectivity index (χ3v) is 6.79. The number of hydrogen-bond donors (Lipinski definition) is 0. The van der Waals surface area contributed by atoms with Crippen LogP contribution in [-0.2, 0) is 0 Å². The van der Waals surface area contributed by atoms with E-state index in [-0.39, 0.29) is 7.92 Å². The molecule has 0 rings (SSSR count). The van der Waals surface area contributed by atoms with Gasteiger partial charge in [-0.25, -0.2) is 0 Å². The zero-order valence-corrected chi connectivity index (χ0v) is 10.0. The maximum absolute atomic E-state index is 2.42. The molecule has 0 aliphatic heterocycles. The molecule has 0 N–H and O–H groups in total. The Kier molecular flexibility index (Phi) is 3.57. The molecule has 0 fully saturated rings. The summed E-state index contributed by atoms with van der Waals surface area (Å²) in [5.74, 6) is 0. The van der Waals surface area contributed by atoms with Crippen molar-refractivity contribution in [2.75, 3.05) is 12.8 Å². The molecule has 0 bridgehead atoms. The summed E-state index contributed by atoms with van der Waals surface area (Å²) < 4.78 is 0. The summed E-state index contributed by atoms with van der Waals surface area (Å²) in [5, 5.41) is 0.511. The van der Waals surface area contributed by atoms with Gasteiger partial charge in [0.2, 0.25) is 0 Å². The fourth-order valence-corrected chi connectivity index (χ4v) is 2.90. The quantitative estimate of drug-likeness (QED) is 0.556. The van der Waals surface area contributed by atoms with Gasteiger partial charge in [0.25, 0.3) is 0 Å². The summed E-state index contributed by atoms with van der Waals surface area (Å²) in [6, 6.07) is 0. The summed E-state index contributed by atoms with van der Waals surface area (Å²) >= 11 is 0. The molecule has 1 unspecified atom stereocenters. The van der Waals surface area contributed by atoms with E-state index in [9.17, 15) is 0 Å². The van der Waals surface area contributed by atoms with Crippen LogP contribution in [0.25, 0.3) is 0 Å². The van der Waals surface area contributed by atoms with Crippen LogP contribution in [0.1, 0.15) is 41.5 Å². The highest BCUT2D eigenvalue weighted by molar-refractivity contribution is 7.58. The molecule has 1 heteroatoms. The van der Waals surface area contributed by atoms with Crippen LogP contribution in [0.15, 0.2) is 0 Å². The third kappa shape index (κ3) is 2.44. The molecule has 0 aliphatic rings. The van der Waals surface area contributed by atoms with Gasteiger partial charge < -0.3 is 0 Å². The highest BCUT2D eigenvalue weighted by atomic mass is 31.1. The van der Waals surface area contributed by atoms with E-state index < -0.39 is 0 Å². The Balaban J connectivity index is 4.45. The Morgan fingerprint density at radius 3 is 1.45 bits per heavy atom. The molecule has 0 spiro atoms. The normalized spacial score (nSPS) is 16.6. The smallest absolute Gasteiger partial charge is 0.0105 e. The van der Waals surface area contributed by atoms with Gasteiger partial charge in [-0.1, -0.05) is 41.5 Å². The summed E-state index contributed by atoms with van der Waals surface area (Å²) in [4.78, 5) is 0. The third-order valence-electron chi connectivity index (χ3n) is 3.26. The van der Waals surface area contributed by atoms with Gasteiger partial charge in [-0.2, -0.15) is 0 Å². The minimum absolute atomic E-state index is 0.190. The maximum Gasteiger partial charge on any atom is -0.0105 e. The fraction of sp³-hybridized carbons (Fsp3) is 1.00. The Morgan fingerprint density at radius 1 is 1.00 bits per heavy atom. The minimum Gasteiger partial charge on any atom is -0.104 e. The maximum atomic E-state index is 2.42. The van der Waals surface area contributed by atoms with Crippen LogP contribution in [0.2, 0.25) is 0 Å². The van der Waals surface area contributed by atoms with Crippen molar-refractivity contribution >= 4 is 7.92 Å². The monoisotopic (exact) mass is 174 g/mol. The van der Waals surface area contributed by atoms with E-state index >= 15 is 0 Å². The van der Waals surface area contributed by atoms with E-state index in [1.807, 2.05) is 0 Å². The second-order valence-electron chi connectivity index (χ2n) is 4.82. The molecule has 0 amide bonds. The lowest BCUT2D eigenvalue weighted by Crippen LogP contribution is -2.34. The molecule has 0 radical (unpaired) electrons. The highest BCUT2D eigenvalue weighted by Crippen LogP contribution is 2.54. The average molecular weight is 174 g/mol. The molecule has 0 saturated carbocycles. The largest absolute Gasteiger partial charge is 0.104 e. The van der Waals surface area contributed by atoms with Crippen LogP contribution in [0.4, 0.5) is 0 Å². The zero-order valence-electron chi connectivity index (χ0n) is 9.15. The summed E-state index contributed by atoms with van der Waals surface area (Å²) in [6.45, 7) is 16.6. The van der Waals surface area contributed by atoms with Gasteiger partial charge in [-0.15, -0.1) is 7.92 Å². The van der Waals surface area contributed by atoms with Gasteiger partial charge in [-0.05, 0) is 23.4 Å². The molecule has 11 heavy (non-hydrogen) atoms. The van der Waals surface area contributed by atoms with Crippen LogP contribution in [0.3, 0.4) is 0 Å². The first-order valence-electron chi connectivity index (χ1n) is 4.44. The van der Waals surface area contributed by atoms with Crippen molar-refractivity contribution in [3.8, 4) is 0 Å². The van der Waals surface area contributed by atoms with Gasteiger partial charge in [0.15, 0.2) is 0 Å². The SMILES string of the molecule is CCP(C)C(C)(C)C(C)(C)C. The molecule has 1 atom stereocenters. The van der Waals surface area contributed by atoms with E-state index in [0.29, 0.717) is 10.6 Å². The summed E-state index contributed by atoms with van der Waals surface area (Å²) in [7, 11) is 0.190. The Morgan fingerprint density at radius 2 is 1.36 bits per heavy atom. The first kappa shape index (κ1) is 11.4. The second-order valence-corrected chi connectivity index (χ2v) is 7.97. The fourth-order valence-electron chi connectivity index (χ4n) is 0.968. The van der Waals surface area contributed by atoms with Crippen molar-refractivity contribution in [1.82, 2.24) is 0 Å². The van der Waals surface area contributed by atoms with Crippen LogP contribution in [0.5, 0.6) is 0 Å². The molecule has 0 saturated heterocycles. The van der Waals surface area contributed by atoms with E-state index in [2.05, 4.69) is 48.2 Å². The second kappa shape index (κ2) is 3.44. The molecule has 0 aromatic carbocycles. The first-order valence-corrected chi connectivity index (χ1v) is 6.42. The molecule has 0 heterocycles. The van der Waals surface area contributed by atoms with Crippen molar-refractivity contribution in [3.63, 3.8) is 0 Å². The van der Waals surface area contributed by atoms with Crippen molar-refractivity contribution in [1.29, 1.82) is 0 Å². The standard InChI is InChI=1S/C10H23P/c1-8-11(7)10(5,6)9(2,3)4/h8H2,1-7H3. The van der Waals surface area contributed by atoms with Crippen LogP contribution in [0, 0.1) is 5.41 Å². The Bertz CT molecular complexity index is 119. The van der Waals surface area contributed by atoms with E-state index in [1.54, 1.807) is 0 Å². The van der Waals surface area contributed by atoms with E-state index in [0.717, 1.165) is 0 Å². The molecule has 0 aromatic rings. The molecule has 0 aromatic heterocycles. The Labute approximate surface area is 73.5 Å². The van der Waals surface area contributed by atoms with Crippen LogP contribution in [-0.4, -0.2) is 18.0 Å². The lowest BCUT2D eigenvalue weighted by atomic mass is 9.82. The van der Waals surface area contributed by atoms with Crippen molar-refractivity contribution in [2.24, 2.45) is 5.41 Å². The van der Waals surface area contributed by atoms with Gasteiger partial charge in [0.1, 0.15) is 0 Å². The number of rotatable bonds is 2. The van der Waals surface area contributed by atoms with E-state index in [4.69, 9.17) is 0 Å². The van der Waals surface area contributed by atoms with Gasteiger partial charge >= 0.3 is 0 Å². The van der Waals surface area contributed by atoms with Crippen LogP contribution < -0.4 is 0 Å². The van der Waals surface area contributed by atoms with Crippen molar-refractivity contribution < 1.29 is 0 Å². The van der Waals surface area contributed by atoms with Gasteiger partial charge in [0, 0.05) is 0 Å². The predicted octanol–water partition coefficient (Wildman–Crippen LogP) is 3.94. The average Bonchev–Trinajstić information content (AvgIpc) is 1.83. The van der Waals surface area contributed by atoms with Crippen molar-refractivity contribution in [3.05, 3.63) is 0 Å². The topological polar surface area (TPSA) is 0 Å². The molecular formula is C10H23P. The summed E-state index contributed by atoms with van der Waals surface area (Å²) in [5.41, 5.74) is 0.448. The number of hydrogen-bond acceptors (Lipinski definition) is 0. The highest BCUT2D eigenvalue weighted by Gasteiger charge is 2.36. The minimum atomic E-state index is 0.190. The molecule has 68 valence electrons. The first-order chi connectivity index (χ1) is 4.73. The van der Waals surface area contributed by atoms with E-state index in [1.165, 1.54) is 6.16 Å². The lowest BCUT2D eigenvalue weighted by Gasteiger charge is -2.43. The molecular weight excluding hydrogens is 151 g/mol. The molecule has 0 aliphatic carbocycles. The summed E-state index contributed by atoms with van der Waals surface area (Å²) in [6.07, 6.45) is 1.35. The lowest BCUT2D eigenvalue weighted by molar-refractivity contribution is 0.313. The predicted molar refractivity (Wildman–Crippen MR) is 56.9 cm³/mol. The molecule has 0 nitrogen and oxygen atoms in total. The van der Waals surface area contributed by atoms with Gasteiger partial charge in [-0.3, -0.25) is 0 Å². The Hall–Kier alpha value is 0.430. The van der Waals surface area contributed by atoms with Gasteiger partial charge in [0.05, 0.1) is 0 Å². The van der Waals surface area contributed by atoms with Crippen molar-refractivity contribution in [2.45, 2.75) is 46.7 Å². The van der Waals surface area contributed by atoms with Crippen LogP contribution >= 0.6 is 7.92 Å². The zero-order chi connectivity index (χ0) is 9.28.